The Bertz CT molecular complexity index is 361. The first-order chi connectivity index (χ1) is 6.56. The number of hydrogen-bond donors (Lipinski definition) is 4. The van der Waals surface area contributed by atoms with E-state index >= 15 is 0 Å². The van der Waals surface area contributed by atoms with Crippen molar-refractivity contribution in [2.45, 2.75) is 12.5 Å². The van der Waals surface area contributed by atoms with Gasteiger partial charge in [-0.2, -0.15) is 5.26 Å². The van der Waals surface area contributed by atoms with Gasteiger partial charge in [-0.05, 0) is 17.7 Å². The van der Waals surface area contributed by atoms with Crippen LogP contribution in [0.2, 0.25) is 0 Å². The van der Waals surface area contributed by atoms with Crippen LogP contribution in [0, 0.1) is 11.3 Å². The summed E-state index contributed by atoms with van der Waals surface area (Å²) in [7, 11) is 0. The van der Waals surface area contributed by atoms with E-state index in [9.17, 15) is 0 Å². The van der Waals surface area contributed by atoms with Gasteiger partial charge in [-0.25, -0.2) is 0 Å². The molecular formula is C9H10N2O3. The molecule has 0 amide bonds. The molecule has 5 nitrogen and oxygen atoms in total. The van der Waals surface area contributed by atoms with Crippen LogP contribution in [0.5, 0.6) is 17.2 Å². The fourth-order valence-corrected chi connectivity index (χ4v) is 1.06. The summed E-state index contributed by atoms with van der Waals surface area (Å²) < 4.78 is 0. The molecule has 0 aromatic heterocycles. The molecule has 0 aliphatic carbocycles. The monoisotopic (exact) mass is 194 g/mol. The predicted molar refractivity (Wildman–Crippen MR) is 48.6 cm³/mol. The normalized spacial score (nSPS) is 12.0. The molecule has 1 aromatic carbocycles. The topological polar surface area (TPSA) is 111 Å². The molecule has 5 heteroatoms. The van der Waals surface area contributed by atoms with Crippen molar-refractivity contribution in [1.82, 2.24) is 0 Å². The Labute approximate surface area is 80.6 Å². The maximum atomic E-state index is 9.15. The minimum absolute atomic E-state index is 0.0731. The molecule has 1 rings (SSSR count). The van der Waals surface area contributed by atoms with E-state index in [4.69, 9.17) is 26.3 Å². The maximum Gasteiger partial charge on any atom is 0.200 e. The van der Waals surface area contributed by atoms with E-state index in [1.54, 1.807) is 0 Å². The first-order valence-corrected chi connectivity index (χ1v) is 3.93. The quantitative estimate of drug-likeness (QED) is 0.518. The number of nitriles is 1. The summed E-state index contributed by atoms with van der Waals surface area (Å²) in [5, 5.41) is 35.7. The molecule has 1 atom stereocenters. The van der Waals surface area contributed by atoms with Crippen LogP contribution in [0.1, 0.15) is 18.0 Å². The van der Waals surface area contributed by atoms with E-state index in [2.05, 4.69) is 0 Å². The van der Waals surface area contributed by atoms with Gasteiger partial charge in [0.25, 0.3) is 0 Å². The zero-order chi connectivity index (χ0) is 10.7. The smallest absolute Gasteiger partial charge is 0.200 e. The van der Waals surface area contributed by atoms with Gasteiger partial charge in [0.1, 0.15) is 0 Å². The largest absolute Gasteiger partial charge is 0.504 e. The van der Waals surface area contributed by atoms with Crippen molar-refractivity contribution >= 4 is 0 Å². The van der Waals surface area contributed by atoms with Crippen LogP contribution in [0.25, 0.3) is 0 Å². The molecule has 0 aliphatic heterocycles. The highest BCUT2D eigenvalue weighted by atomic mass is 16.3. The van der Waals surface area contributed by atoms with Gasteiger partial charge in [0, 0.05) is 6.04 Å². The first kappa shape index (κ1) is 10.2. The Morgan fingerprint density at radius 3 is 2.21 bits per heavy atom. The summed E-state index contributed by atoms with van der Waals surface area (Å²) in [6, 6.07) is 3.72. The summed E-state index contributed by atoms with van der Waals surface area (Å²) in [6.07, 6.45) is 0.0731. The SMILES string of the molecule is N#CCC(N)c1cc(O)c(O)c(O)c1. The van der Waals surface area contributed by atoms with Crippen LogP contribution < -0.4 is 5.73 Å². The Morgan fingerprint density at radius 1 is 1.29 bits per heavy atom. The molecular weight excluding hydrogens is 184 g/mol. The lowest BCUT2D eigenvalue weighted by Crippen LogP contribution is -2.08. The standard InChI is InChI=1S/C9H10N2O3/c10-2-1-6(11)5-3-7(12)9(14)8(13)4-5/h3-4,6,12-14H,1,11H2. The summed E-state index contributed by atoms with van der Waals surface area (Å²) in [5.41, 5.74) is 5.97. The summed E-state index contributed by atoms with van der Waals surface area (Å²) >= 11 is 0. The van der Waals surface area contributed by atoms with Crippen molar-refractivity contribution < 1.29 is 15.3 Å². The van der Waals surface area contributed by atoms with E-state index < -0.39 is 23.3 Å². The second-order valence-corrected chi connectivity index (χ2v) is 2.88. The van der Waals surface area contributed by atoms with Crippen LogP contribution in [0.3, 0.4) is 0 Å². The highest BCUT2D eigenvalue weighted by molar-refractivity contribution is 5.51. The van der Waals surface area contributed by atoms with Gasteiger partial charge < -0.3 is 21.1 Å². The highest BCUT2D eigenvalue weighted by Crippen LogP contribution is 2.37. The molecule has 0 heterocycles. The van der Waals surface area contributed by atoms with Crippen molar-refractivity contribution in [2.75, 3.05) is 0 Å². The molecule has 0 radical (unpaired) electrons. The number of nitrogens with zero attached hydrogens (tertiary/aromatic N) is 1. The minimum atomic E-state index is -0.586. The first-order valence-electron chi connectivity index (χ1n) is 3.93. The molecule has 0 aliphatic rings. The van der Waals surface area contributed by atoms with Crippen LogP contribution in [-0.4, -0.2) is 15.3 Å². The summed E-state index contributed by atoms with van der Waals surface area (Å²) in [5.74, 6) is -1.49. The molecule has 0 spiro atoms. The van der Waals surface area contributed by atoms with Gasteiger partial charge in [-0.15, -0.1) is 0 Å². The van der Waals surface area contributed by atoms with Crippen LogP contribution in [0.4, 0.5) is 0 Å². The Hall–Kier alpha value is -1.93. The van der Waals surface area contributed by atoms with Crippen molar-refractivity contribution in [3.8, 4) is 23.3 Å². The lowest BCUT2D eigenvalue weighted by atomic mass is 10.0. The highest BCUT2D eigenvalue weighted by Gasteiger charge is 2.12. The number of aromatic hydroxyl groups is 3. The van der Waals surface area contributed by atoms with E-state index in [0.29, 0.717) is 5.56 Å². The fraction of sp³-hybridized carbons (Fsp3) is 0.222. The number of phenols is 3. The van der Waals surface area contributed by atoms with Crippen molar-refractivity contribution in [2.24, 2.45) is 5.73 Å². The molecule has 0 saturated heterocycles. The molecule has 14 heavy (non-hydrogen) atoms. The van der Waals surface area contributed by atoms with Gasteiger partial charge in [-0.1, -0.05) is 0 Å². The van der Waals surface area contributed by atoms with Crippen LogP contribution >= 0.6 is 0 Å². The zero-order valence-electron chi connectivity index (χ0n) is 7.31. The fourth-order valence-electron chi connectivity index (χ4n) is 1.06. The van der Waals surface area contributed by atoms with E-state index in [0.717, 1.165) is 0 Å². The molecule has 1 aromatic rings. The second kappa shape index (κ2) is 3.85. The van der Waals surface area contributed by atoms with Crippen molar-refractivity contribution in [3.05, 3.63) is 17.7 Å². The average molecular weight is 194 g/mol. The second-order valence-electron chi connectivity index (χ2n) is 2.88. The van der Waals surface area contributed by atoms with Gasteiger partial charge in [0.15, 0.2) is 17.2 Å². The third-order valence-electron chi connectivity index (χ3n) is 1.83. The Kier molecular flexibility index (Phi) is 2.79. The molecule has 0 fully saturated rings. The molecule has 0 saturated carbocycles. The molecule has 1 unspecified atom stereocenters. The van der Waals surface area contributed by atoms with Gasteiger partial charge in [-0.3, -0.25) is 0 Å². The number of nitrogens with two attached hydrogens (primary N) is 1. The Balaban J connectivity index is 3.07. The number of rotatable bonds is 2. The van der Waals surface area contributed by atoms with Gasteiger partial charge >= 0.3 is 0 Å². The van der Waals surface area contributed by atoms with Crippen LogP contribution in [-0.2, 0) is 0 Å². The number of hydrogen-bond acceptors (Lipinski definition) is 5. The minimum Gasteiger partial charge on any atom is -0.504 e. The van der Waals surface area contributed by atoms with Crippen molar-refractivity contribution in [1.29, 1.82) is 5.26 Å². The summed E-state index contributed by atoms with van der Waals surface area (Å²) in [6.45, 7) is 0. The van der Waals surface area contributed by atoms with E-state index in [1.807, 2.05) is 6.07 Å². The number of phenolic OH excluding ortho intramolecular Hbond substituents is 3. The Morgan fingerprint density at radius 2 is 1.79 bits per heavy atom. The van der Waals surface area contributed by atoms with Crippen molar-refractivity contribution in [3.63, 3.8) is 0 Å². The summed E-state index contributed by atoms with van der Waals surface area (Å²) in [4.78, 5) is 0. The van der Waals surface area contributed by atoms with Gasteiger partial charge in [0.2, 0.25) is 0 Å². The molecule has 5 N–H and O–H groups in total. The van der Waals surface area contributed by atoms with Gasteiger partial charge in [0.05, 0.1) is 12.5 Å². The van der Waals surface area contributed by atoms with E-state index in [1.165, 1.54) is 12.1 Å². The lowest BCUT2D eigenvalue weighted by molar-refractivity contribution is 0.366. The molecule has 74 valence electrons. The van der Waals surface area contributed by atoms with Crippen LogP contribution in [0.15, 0.2) is 12.1 Å². The predicted octanol–water partition coefficient (Wildman–Crippen LogP) is 0.717. The third-order valence-corrected chi connectivity index (χ3v) is 1.83. The number of benzene rings is 1. The average Bonchev–Trinajstić information content (AvgIpc) is 2.13. The third kappa shape index (κ3) is 1.87. The van der Waals surface area contributed by atoms with E-state index in [-0.39, 0.29) is 6.42 Å². The maximum absolute atomic E-state index is 9.15. The zero-order valence-corrected chi connectivity index (χ0v) is 7.31. The lowest BCUT2D eigenvalue weighted by Gasteiger charge is -2.09. The molecule has 0 bridgehead atoms.